The molecule has 2 aromatic rings. The van der Waals surface area contributed by atoms with Crippen LogP contribution in [-0.4, -0.2) is 8.42 Å². The summed E-state index contributed by atoms with van der Waals surface area (Å²) < 4.78 is 28.3. The van der Waals surface area contributed by atoms with Crippen molar-refractivity contribution in [1.29, 1.82) is 0 Å². The van der Waals surface area contributed by atoms with E-state index in [1.165, 1.54) is 12.1 Å². The number of hydrogen-bond donors (Lipinski definition) is 2. The van der Waals surface area contributed by atoms with Crippen LogP contribution in [0.25, 0.3) is 0 Å². The Kier molecular flexibility index (Phi) is 4.63. The molecule has 0 aliphatic carbocycles. The maximum Gasteiger partial charge on any atom is 0.262 e. The Labute approximate surface area is 138 Å². The van der Waals surface area contributed by atoms with E-state index in [0.717, 1.165) is 4.47 Å². The predicted molar refractivity (Wildman–Crippen MR) is 88.5 cm³/mol. The Hall–Kier alpha value is -0.760. The molecule has 0 heterocycles. The van der Waals surface area contributed by atoms with E-state index in [1.807, 2.05) is 0 Å². The third-order valence-corrected chi connectivity index (χ3v) is 5.34. The minimum absolute atomic E-state index is 0.0668. The summed E-state index contributed by atoms with van der Waals surface area (Å²) in [6, 6.07) is 9.28. The summed E-state index contributed by atoms with van der Waals surface area (Å²) in [6.45, 7) is 0. The van der Waals surface area contributed by atoms with Crippen LogP contribution in [-0.2, 0) is 10.0 Å². The van der Waals surface area contributed by atoms with Crippen molar-refractivity contribution in [2.24, 2.45) is 0 Å². The third-order valence-electron chi connectivity index (χ3n) is 2.45. The van der Waals surface area contributed by atoms with Gasteiger partial charge in [0.2, 0.25) is 0 Å². The maximum atomic E-state index is 12.2. The van der Waals surface area contributed by atoms with E-state index >= 15 is 0 Å². The van der Waals surface area contributed by atoms with Crippen LogP contribution >= 0.6 is 43.5 Å². The molecule has 8 heteroatoms. The predicted octanol–water partition coefficient (Wildman–Crippen LogP) is 4.25. The number of halogens is 3. The van der Waals surface area contributed by atoms with E-state index < -0.39 is 10.0 Å². The van der Waals surface area contributed by atoms with E-state index in [9.17, 15) is 8.42 Å². The smallest absolute Gasteiger partial charge is 0.262 e. The van der Waals surface area contributed by atoms with Gasteiger partial charge in [0.1, 0.15) is 0 Å². The average Bonchev–Trinajstić information content (AvgIpc) is 2.36. The second kappa shape index (κ2) is 5.93. The van der Waals surface area contributed by atoms with Gasteiger partial charge in [0.15, 0.2) is 0 Å². The standard InChI is InChI=1S/C12H9Br2ClN2O2S/c13-7-1-4-12(10(15)5-7)17-20(18,19)8-2-3-9(14)11(16)6-8/h1-6,17H,16H2. The van der Waals surface area contributed by atoms with Crippen molar-refractivity contribution in [3.63, 3.8) is 0 Å². The molecule has 0 fully saturated rings. The first kappa shape index (κ1) is 15.6. The van der Waals surface area contributed by atoms with E-state index in [4.69, 9.17) is 17.3 Å². The molecule has 0 radical (unpaired) electrons. The fourth-order valence-corrected chi connectivity index (χ4v) is 3.60. The second-order valence-corrected chi connectivity index (χ2v) is 7.77. The first-order chi connectivity index (χ1) is 9.29. The molecule has 0 aromatic heterocycles. The molecule has 2 rings (SSSR count). The van der Waals surface area contributed by atoms with Gasteiger partial charge in [0.25, 0.3) is 10.0 Å². The van der Waals surface area contributed by atoms with Crippen LogP contribution in [0.4, 0.5) is 11.4 Å². The first-order valence-corrected chi connectivity index (χ1v) is 8.77. The summed E-state index contributed by atoms with van der Waals surface area (Å²) in [5, 5.41) is 0.299. The van der Waals surface area contributed by atoms with Crippen LogP contribution in [0.15, 0.2) is 50.2 Å². The number of hydrogen-bond acceptors (Lipinski definition) is 3. The lowest BCUT2D eigenvalue weighted by atomic mass is 10.3. The van der Waals surface area contributed by atoms with Crippen LogP contribution in [0.2, 0.25) is 5.02 Å². The van der Waals surface area contributed by atoms with E-state index in [-0.39, 0.29) is 4.90 Å². The van der Waals surface area contributed by atoms with Gasteiger partial charge in [-0.1, -0.05) is 27.5 Å². The number of benzene rings is 2. The SMILES string of the molecule is Nc1cc(S(=O)(=O)Nc2ccc(Br)cc2Cl)ccc1Br. The van der Waals surface area contributed by atoms with Gasteiger partial charge in [-0.2, -0.15) is 0 Å². The lowest BCUT2D eigenvalue weighted by molar-refractivity contribution is 0.601. The van der Waals surface area contributed by atoms with Gasteiger partial charge < -0.3 is 5.73 Å². The van der Waals surface area contributed by atoms with Gasteiger partial charge in [0, 0.05) is 14.6 Å². The maximum absolute atomic E-state index is 12.2. The number of sulfonamides is 1. The van der Waals surface area contributed by atoms with Crippen LogP contribution in [0.5, 0.6) is 0 Å². The van der Waals surface area contributed by atoms with Gasteiger partial charge >= 0.3 is 0 Å². The van der Waals surface area contributed by atoms with Crippen LogP contribution in [0, 0.1) is 0 Å². The largest absolute Gasteiger partial charge is 0.398 e. The number of rotatable bonds is 3. The molecule has 106 valence electrons. The number of nitrogens with one attached hydrogen (secondary N) is 1. The molecule has 0 aliphatic heterocycles. The molecule has 0 saturated heterocycles. The molecule has 0 saturated carbocycles. The molecular formula is C12H9Br2ClN2O2S. The van der Waals surface area contributed by atoms with Crippen molar-refractivity contribution in [1.82, 2.24) is 0 Å². The quantitative estimate of drug-likeness (QED) is 0.701. The summed E-state index contributed by atoms with van der Waals surface area (Å²) in [4.78, 5) is 0.0668. The van der Waals surface area contributed by atoms with Crippen LogP contribution in [0.3, 0.4) is 0 Å². The molecular weight excluding hydrogens is 431 g/mol. The molecule has 2 aromatic carbocycles. The van der Waals surface area contributed by atoms with Gasteiger partial charge in [-0.15, -0.1) is 0 Å². The Bertz CT molecular complexity index is 766. The summed E-state index contributed by atoms with van der Waals surface area (Å²) in [5.41, 5.74) is 6.33. The Morgan fingerprint density at radius 3 is 2.40 bits per heavy atom. The van der Waals surface area contributed by atoms with Crippen molar-refractivity contribution in [3.05, 3.63) is 50.4 Å². The number of anilines is 2. The fourth-order valence-electron chi connectivity index (χ4n) is 1.46. The highest BCUT2D eigenvalue weighted by Crippen LogP contribution is 2.29. The van der Waals surface area contributed by atoms with Gasteiger partial charge in [-0.05, 0) is 52.3 Å². The van der Waals surface area contributed by atoms with Crippen molar-refractivity contribution in [3.8, 4) is 0 Å². The van der Waals surface area contributed by atoms with Gasteiger partial charge in [-0.25, -0.2) is 8.42 Å². The molecule has 0 bridgehead atoms. The van der Waals surface area contributed by atoms with E-state index in [2.05, 4.69) is 36.6 Å². The summed E-state index contributed by atoms with van der Waals surface area (Å²) in [7, 11) is -3.74. The zero-order chi connectivity index (χ0) is 14.9. The monoisotopic (exact) mass is 438 g/mol. The van der Waals surface area contributed by atoms with Gasteiger partial charge in [-0.3, -0.25) is 4.72 Å². The molecule has 4 nitrogen and oxygen atoms in total. The lowest BCUT2D eigenvalue weighted by Gasteiger charge is -2.10. The van der Waals surface area contributed by atoms with Crippen molar-refractivity contribution < 1.29 is 8.42 Å². The highest BCUT2D eigenvalue weighted by Gasteiger charge is 2.16. The van der Waals surface area contributed by atoms with Crippen molar-refractivity contribution in [2.45, 2.75) is 4.90 Å². The topological polar surface area (TPSA) is 72.2 Å². The zero-order valence-electron chi connectivity index (χ0n) is 9.90. The fraction of sp³-hybridized carbons (Fsp3) is 0. The summed E-state index contributed by atoms with van der Waals surface area (Å²) in [5.74, 6) is 0. The average molecular weight is 441 g/mol. The zero-order valence-corrected chi connectivity index (χ0v) is 14.6. The van der Waals surface area contributed by atoms with Crippen LogP contribution in [0.1, 0.15) is 0 Å². The normalized spacial score (nSPS) is 11.3. The molecule has 3 N–H and O–H groups in total. The molecule has 20 heavy (non-hydrogen) atoms. The van der Waals surface area contributed by atoms with E-state index in [1.54, 1.807) is 24.3 Å². The highest BCUT2D eigenvalue weighted by atomic mass is 79.9. The second-order valence-electron chi connectivity index (χ2n) is 3.91. The van der Waals surface area contributed by atoms with Crippen molar-refractivity contribution in [2.75, 3.05) is 10.5 Å². The van der Waals surface area contributed by atoms with Gasteiger partial charge in [0.05, 0.1) is 15.6 Å². The molecule has 0 atom stereocenters. The Balaban J connectivity index is 2.38. The molecule has 0 aliphatic rings. The minimum Gasteiger partial charge on any atom is -0.398 e. The lowest BCUT2D eigenvalue weighted by Crippen LogP contribution is -2.13. The summed E-state index contributed by atoms with van der Waals surface area (Å²) in [6.07, 6.45) is 0. The Morgan fingerprint density at radius 2 is 1.80 bits per heavy atom. The molecule has 0 spiro atoms. The van der Waals surface area contributed by atoms with Crippen LogP contribution < -0.4 is 10.5 Å². The third kappa shape index (κ3) is 3.46. The highest BCUT2D eigenvalue weighted by molar-refractivity contribution is 9.10. The number of nitrogens with two attached hydrogens (primary N) is 1. The molecule has 0 unspecified atom stereocenters. The first-order valence-electron chi connectivity index (χ1n) is 5.32. The molecule has 0 amide bonds. The van der Waals surface area contributed by atoms with Crippen molar-refractivity contribution >= 4 is 64.9 Å². The number of nitrogen functional groups attached to an aromatic ring is 1. The summed E-state index contributed by atoms with van der Waals surface area (Å²) >= 11 is 12.5. The van der Waals surface area contributed by atoms with E-state index in [0.29, 0.717) is 20.9 Å². The Morgan fingerprint density at radius 1 is 1.10 bits per heavy atom. The minimum atomic E-state index is -3.74.